The number of nitrogens with one attached hydrogen (secondary N) is 2. The first-order chi connectivity index (χ1) is 12.5. The lowest BCUT2D eigenvalue weighted by Gasteiger charge is -2.36. The van der Waals surface area contributed by atoms with Gasteiger partial charge in [0.05, 0.1) is 31.9 Å². The maximum atomic E-state index is 11.7. The third-order valence-electron chi connectivity index (χ3n) is 5.53. The average Bonchev–Trinajstić information content (AvgIpc) is 3.01. The molecule has 0 bridgehead atoms. The molecule has 2 saturated heterocycles. The molecule has 0 aliphatic carbocycles. The largest absolute Gasteiger partial charge is 0.338 e. The van der Waals surface area contributed by atoms with Crippen LogP contribution in [0, 0.1) is 0 Å². The van der Waals surface area contributed by atoms with E-state index in [-0.39, 0.29) is 6.04 Å². The van der Waals surface area contributed by atoms with Gasteiger partial charge in [-0.05, 0) is 42.8 Å². The average molecular weight is 397 g/mol. The molecule has 2 heterocycles. The Kier molecular flexibility index (Phi) is 6.53. The van der Waals surface area contributed by atoms with Crippen molar-refractivity contribution in [2.45, 2.75) is 38.6 Å². The predicted octanol–water partition coefficient (Wildman–Crippen LogP) is 1.11. The Labute approximate surface area is 162 Å². The number of hydrogen-bond acceptors (Lipinski definition) is 3. The zero-order valence-electron chi connectivity index (χ0n) is 15.5. The van der Waals surface area contributed by atoms with Gasteiger partial charge < -0.3 is 15.1 Å². The summed E-state index contributed by atoms with van der Waals surface area (Å²) < 4.78 is 23.4. The number of hydrogen-bond donors (Lipinski definition) is 2. The Bertz CT molecular complexity index is 711. The molecule has 2 fully saturated rings. The topological polar surface area (TPSA) is 53.9 Å². The summed E-state index contributed by atoms with van der Waals surface area (Å²) in [5, 5.41) is 4.11. The van der Waals surface area contributed by atoms with Crippen molar-refractivity contribution < 1.29 is 13.3 Å². The minimum atomic E-state index is -2.80. The van der Waals surface area contributed by atoms with Crippen LogP contribution >= 0.6 is 12.2 Å². The highest BCUT2D eigenvalue weighted by Crippen LogP contribution is 2.13. The summed E-state index contributed by atoms with van der Waals surface area (Å²) in [5.74, 6) is 0.717. The van der Waals surface area contributed by atoms with E-state index >= 15 is 0 Å². The van der Waals surface area contributed by atoms with Crippen LogP contribution in [0.15, 0.2) is 24.3 Å². The fraction of sp³-hybridized carbons (Fsp3) is 0.632. The minimum absolute atomic E-state index is 0.277. The molecule has 2 aliphatic heterocycles. The maximum absolute atomic E-state index is 11.7. The predicted molar refractivity (Wildman–Crippen MR) is 111 cm³/mol. The van der Waals surface area contributed by atoms with Crippen molar-refractivity contribution in [3.63, 3.8) is 0 Å². The fourth-order valence-electron chi connectivity index (χ4n) is 3.86. The molecule has 5 nitrogen and oxygen atoms in total. The number of piperazine rings is 1. The summed E-state index contributed by atoms with van der Waals surface area (Å²) in [7, 11) is -2.80. The van der Waals surface area contributed by atoms with Crippen LogP contribution < -0.4 is 10.2 Å². The van der Waals surface area contributed by atoms with E-state index in [4.69, 9.17) is 12.2 Å². The van der Waals surface area contributed by atoms with Crippen LogP contribution in [-0.2, 0) is 16.3 Å². The first-order valence-electron chi connectivity index (χ1n) is 9.67. The van der Waals surface area contributed by atoms with E-state index in [9.17, 15) is 8.42 Å². The first-order valence-corrected chi connectivity index (χ1v) is 11.9. The SMILES string of the molecule is CCCCc1ccc(NC(=S)N2CC[NH+]([C@H]3CCS(=O)(=O)C3)CC2)cc1. The number of benzene rings is 1. The molecule has 1 aromatic carbocycles. The molecule has 2 aliphatic rings. The third-order valence-corrected chi connectivity index (χ3v) is 7.66. The second-order valence-corrected chi connectivity index (χ2v) is 10.1. The Morgan fingerprint density at radius 2 is 1.96 bits per heavy atom. The molecule has 1 aromatic rings. The lowest BCUT2D eigenvalue weighted by Crippen LogP contribution is -3.18. The van der Waals surface area contributed by atoms with Crippen LogP contribution in [0.3, 0.4) is 0 Å². The molecule has 0 unspecified atom stereocenters. The van der Waals surface area contributed by atoms with E-state index in [1.165, 1.54) is 23.3 Å². The van der Waals surface area contributed by atoms with Crippen LogP contribution in [0.25, 0.3) is 0 Å². The van der Waals surface area contributed by atoms with Crippen molar-refractivity contribution >= 4 is 32.9 Å². The van der Waals surface area contributed by atoms with Crippen molar-refractivity contribution in [2.24, 2.45) is 0 Å². The number of sulfone groups is 1. The molecule has 0 aromatic heterocycles. The van der Waals surface area contributed by atoms with Gasteiger partial charge in [0, 0.05) is 12.1 Å². The molecule has 0 saturated carbocycles. The molecular weight excluding hydrogens is 366 g/mol. The van der Waals surface area contributed by atoms with E-state index in [1.54, 1.807) is 0 Å². The second kappa shape index (κ2) is 8.67. The number of nitrogens with zero attached hydrogens (tertiary/aromatic N) is 1. The highest BCUT2D eigenvalue weighted by molar-refractivity contribution is 7.91. The van der Waals surface area contributed by atoms with Crippen molar-refractivity contribution in [1.82, 2.24) is 4.90 Å². The van der Waals surface area contributed by atoms with Gasteiger partial charge in [0.1, 0.15) is 11.8 Å². The van der Waals surface area contributed by atoms with Crippen LogP contribution in [0.5, 0.6) is 0 Å². The molecule has 7 heteroatoms. The van der Waals surface area contributed by atoms with Crippen LogP contribution in [-0.4, -0.2) is 62.2 Å². The van der Waals surface area contributed by atoms with Crippen molar-refractivity contribution in [2.75, 3.05) is 43.0 Å². The monoisotopic (exact) mass is 396 g/mol. The summed E-state index contributed by atoms with van der Waals surface area (Å²) in [5.41, 5.74) is 2.40. The van der Waals surface area contributed by atoms with Gasteiger partial charge in [-0.1, -0.05) is 25.5 Å². The quantitative estimate of drug-likeness (QED) is 0.731. The molecular formula is C19H30N3O2S2+. The molecule has 3 rings (SSSR count). The van der Waals surface area contributed by atoms with E-state index in [0.29, 0.717) is 11.5 Å². The summed E-state index contributed by atoms with van der Waals surface area (Å²) in [6, 6.07) is 8.82. The van der Waals surface area contributed by atoms with Gasteiger partial charge in [-0.3, -0.25) is 0 Å². The Morgan fingerprint density at radius 1 is 1.27 bits per heavy atom. The van der Waals surface area contributed by atoms with Crippen LogP contribution in [0.1, 0.15) is 31.7 Å². The van der Waals surface area contributed by atoms with Crippen molar-refractivity contribution in [3.8, 4) is 0 Å². The molecule has 0 amide bonds. The standard InChI is InChI=1S/C19H29N3O2S2/c1-2-3-4-16-5-7-17(8-6-16)20-19(25)22-12-10-21(11-13-22)18-9-14-26(23,24)15-18/h5-8,18H,2-4,9-15H2,1H3,(H,20,25)/p+1/t18-/m0/s1. The number of unbranched alkanes of at least 4 members (excludes halogenated alkanes) is 1. The van der Waals surface area contributed by atoms with Gasteiger partial charge in [-0.2, -0.15) is 0 Å². The van der Waals surface area contributed by atoms with Crippen LogP contribution in [0.2, 0.25) is 0 Å². The van der Waals surface area contributed by atoms with E-state index < -0.39 is 9.84 Å². The zero-order chi connectivity index (χ0) is 18.6. The third kappa shape index (κ3) is 5.18. The first kappa shape index (κ1) is 19.6. The molecule has 0 spiro atoms. The van der Waals surface area contributed by atoms with Gasteiger partial charge in [-0.15, -0.1) is 0 Å². The molecule has 1 atom stereocenters. The van der Waals surface area contributed by atoms with E-state index in [0.717, 1.165) is 49.8 Å². The van der Waals surface area contributed by atoms with E-state index in [2.05, 4.69) is 41.4 Å². The van der Waals surface area contributed by atoms with Gasteiger partial charge in [0.15, 0.2) is 14.9 Å². The maximum Gasteiger partial charge on any atom is 0.173 e. The normalized spacial score (nSPS) is 23.1. The molecule has 2 N–H and O–H groups in total. The molecule has 0 radical (unpaired) electrons. The van der Waals surface area contributed by atoms with Crippen molar-refractivity contribution in [1.29, 1.82) is 0 Å². The number of quaternary nitrogens is 1. The Balaban J connectivity index is 1.46. The minimum Gasteiger partial charge on any atom is -0.338 e. The lowest BCUT2D eigenvalue weighted by molar-refractivity contribution is -0.925. The fourth-order valence-corrected chi connectivity index (χ4v) is 5.99. The van der Waals surface area contributed by atoms with E-state index in [1.807, 2.05) is 0 Å². The lowest BCUT2D eigenvalue weighted by atomic mass is 10.1. The van der Waals surface area contributed by atoms with Gasteiger partial charge in [0.2, 0.25) is 0 Å². The second-order valence-electron chi connectivity index (χ2n) is 7.48. The highest BCUT2D eigenvalue weighted by atomic mass is 32.2. The Hall–Kier alpha value is -1.18. The molecule has 144 valence electrons. The molecule has 26 heavy (non-hydrogen) atoms. The Morgan fingerprint density at radius 3 is 2.54 bits per heavy atom. The number of rotatable bonds is 5. The summed E-state index contributed by atoms with van der Waals surface area (Å²) in [6.07, 6.45) is 4.37. The zero-order valence-corrected chi connectivity index (χ0v) is 17.2. The summed E-state index contributed by atoms with van der Waals surface area (Å²) in [4.78, 5) is 3.62. The summed E-state index contributed by atoms with van der Waals surface area (Å²) >= 11 is 5.58. The number of thiocarbonyl (C=S) groups is 1. The highest BCUT2D eigenvalue weighted by Gasteiger charge is 2.37. The smallest absolute Gasteiger partial charge is 0.173 e. The van der Waals surface area contributed by atoms with Gasteiger partial charge in [-0.25, -0.2) is 8.42 Å². The van der Waals surface area contributed by atoms with Crippen molar-refractivity contribution in [3.05, 3.63) is 29.8 Å². The van der Waals surface area contributed by atoms with Gasteiger partial charge in [0.25, 0.3) is 0 Å². The summed E-state index contributed by atoms with van der Waals surface area (Å²) in [6.45, 7) is 5.88. The number of anilines is 1. The van der Waals surface area contributed by atoms with Gasteiger partial charge >= 0.3 is 0 Å². The number of aryl methyl sites for hydroxylation is 1. The van der Waals surface area contributed by atoms with Crippen LogP contribution in [0.4, 0.5) is 5.69 Å².